The molecule has 2 heterocycles. The highest BCUT2D eigenvalue weighted by atomic mass is 16.5. The summed E-state index contributed by atoms with van der Waals surface area (Å²) >= 11 is 0. The summed E-state index contributed by atoms with van der Waals surface area (Å²) in [4.78, 5) is 26.0. The predicted molar refractivity (Wildman–Crippen MR) is 103 cm³/mol. The molecule has 3 rings (SSSR count). The topological polar surface area (TPSA) is 73.2 Å². The number of nitrogens with one attached hydrogen (secondary N) is 1. The van der Waals surface area contributed by atoms with Gasteiger partial charge in [0.15, 0.2) is 5.78 Å². The van der Waals surface area contributed by atoms with E-state index in [0.29, 0.717) is 24.2 Å². The van der Waals surface area contributed by atoms with E-state index in [0.717, 1.165) is 35.6 Å². The molecule has 6 nitrogen and oxygen atoms in total. The Morgan fingerprint density at radius 1 is 1.33 bits per heavy atom. The highest BCUT2D eigenvalue weighted by Gasteiger charge is 2.44. The zero-order valence-electron chi connectivity index (χ0n) is 17.1. The number of Topliss-reactive ketones (excluding diaryl/α,β-unsaturated/α-hetero) is 1. The van der Waals surface area contributed by atoms with Crippen LogP contribution in [0, 0.1) is 12.3 Å². The minimum atomic E-state index is -0.427. The van der Waals surface area contributed by atoms with E-state index in [4.69, 9.17) is 4.74 Å². The van der Waals surface area contributed by atoms with E-state index in [2.05, 4.69) is 24.3 Å². The van der Waals surface area contributed by atoms with E-state index in [1.165, 1.54) is 0 Å². The van der Waals surface area contributed by atoms with E-state index >= 15 is 0 Å². The molecule has 1 N–H and O–H groups in total. The van der Waals surface area contributed by atoms with Gasteiger partial charge < -0.3 is 10.1 Å². The molecule has 0 radical (unpaired) electrons. The number of dihydropyridines is 1. The summed E-state index contributed by atoms with van der Waals surface area (Å²) < 4.78 is 7.18. The molecular weight excluding hydrogens is 342 g/mol. The Balaban J connectivity index is 2.20. The van der Waals surface area contributed by atoms with Crippen LogP contribution in [0.15, 0.2) is 28.7 Å². The predicted octanol–water partition coefficient (Wildman–Crippen LogP) is 3.38. The zero-order valence-corrected chi connectivity index (χ0v) is 17.1. The van der Waals surface area contributed by atoms with Crippen LogP contribution in [0.4, 0.5) is 0 Å². The number of carbonyl (C=O) groups is 2. The van der Waals surface area contributed by atoms with Crippen LogP contribution in [0.1, 0.15) is 64.6 Å². The molecule has 1 aliphatic carbocycles. The Kier molecular flexibility index (Phi) is 5.02. The average Bonchev–Trinajstić information content (AvgIpc) is 2.93. The summed E-state index contributed by atoms with van der Waals surface area (Å²) in [6.45, 7) is 12.9. The number of ether oxygens (including phenoxy) is 1. The Morgan fingerprint density at radius 2 is 2.04 bits per heavy atom. The van der Waals surface area contributed by atoms with Crippen LogP contribution >= 0.6 is 0 Å². The summed E-state index contributed by atoms with van der Waals surface area (Å²) in [5.74, 6) is -0.707. The van der Waals surface area contributed by atoms with Crippen molar-refractivity contribution in [1.82, 2.24) is 15.1 Å². The van der Waals surface area contributed by atoms with Crippen molar-refractivity contribution in [2.24, 2.45) is 5.41 Å². The lowest BCUT2D eigenvalue weighted by molar-refractivity contribution is -0.138. The second-order valence-corrected chi connectivity index (χ2v) is 8.18. The molecule has 0 bridgehead atoms. The molecule has 0 saturated heterocycles. The summed E-state index contributed by atoms with van der Waals surface area (Å²) in [6.07, 6.45) is 3.20. The normalized spacial score (nSPS) is 21.9. The molecule has 146 valence electrons. The average molecular weight is 371 g/mol. The molecule has 0 saturated carbocycles. The number of nitrogens with zero attached hydrogens (tertiary/aromatic N) is 2. The molecule has 0 unspecified atom stereocenters. The molecule has 0 fully saturated rings. The Bertz CT molecular complexity index is 858. The van der Waals surface area contributed by atoms with Crippen molar-refractivity contribution < 1.29 is 14.3 Å². The molecule has 0 amide bonds. The molecule has 1 aromatic heterocycles. The number of aryl methyl sites for hydroxylation is 2. The van der Waals surface area contributed by atoms with Crippen molar-refractivity contribution in [2.75, 3.05) is 6.61 Å². The van der Waals surface area contributed by atoms with Gasteiger partial charge in [-0.25, -0.2) is 4.79 Å². The summed E-state index contributed by atoms with van der Waals surface area (Å²) in [5, 5.41) is 7.89. The second-order valence-electron chi connectivity index (χ2n) is 8.18. The van der Waals surface area contributed by atoms with Crippen LogP contribution in [0.5, 0.6) is 0 Å². The Hall–Kier alpha value is -2.37. The van der Waals surface area contributed by atoms with Crippen molar-refractivity contribution in [1.29, 1.82) is 0 Å². The number of carbonyl (C=O) groups excluding carboxylic acids is 2. The highest BCUT2D eigenvalue weighted by Crippen LogP contribution is 2.47. The highest BCUT2D eigenvalue weighted by molar-refractivity contribution is 6.04. The van der Waals surface area contributed by atoms with Crippen molar-refractivity contribution >= 4 is 11.8 Å². The van der Waals surface area contributed by atoms with E-state index < -0.39 is 5.92 Å². The first-order chi connectivity index (χ1) is 12.7. The van der Waals surface area contributed by atoms with Gasteiger partial charge in [-0.3, -0.25) is 9.48 Å². The molecular formula is C21H29N3O3. The maximum absolute atomic E-state index is 13.1. The minimum Gasteiger partial charge on any atom is -0.463 e. The summed E-state index contributed by atoms with van der Waals surface area (Å²) in [6, 6.07) is 0. The first kappa shape index (κ1) is 19.4. The molecule has 1 aliphatic heterocycles. The molecule has 1 aromatic rings. The minimum absolute atomic E-state index is 0.0942. The Morgan fingerprint density at radius 3 is 2.63 bits per heavy atom. The Labute approximate surface area is 160 Å². The van der Waals surface area contributed by atoms with Crippen LogP contribution in [0.3, 0.4) is 0 Å². The van der Waals surface area contributed by atoms with Crippen molar-refractivity contribution in [3.05, 3.63) is 40.0 Å². The number of esters is 1. The second kappa shape index (κ2) is 6.98. The van der Waals surface area contributed by atoms with Gasteiger partial charge in [0.05, 0.1) is 23.8 Å². The standard InChI is InChI=1S/C21H29N3O3/c1-7-24-11-14(12(3)23-24)18-17(20(26)27-8-2)13(4)22-15-9-21(5,6)10-16(25)19(15)18/h11,18,22H,7-10H2,1-6H3/t18-/m0/s1. The van der Waals surface area contributed by atoms with Crippen molar-refractivity contribution in [3.63, 3.8) is 0 Å². The molecule has 0 spiro atoms. The van der Waals surface area contributed by atoms with Crippen LogP contribution in [0.2, 0.25) is 0 Å². The van der Waals surface area contributed by atoms with Gasteiger partial charge in [0.2, 0.25) is 0 Å². The van der Waals surface area contributed by atoms with Gasteiger partial charge in [-0.1, -0.05) is 13.8 Å². The van der Waals surface area contributed by atoms with Crippen LogP contribution in [-0.2, 0) is 20.9 Å². The molecule has 6 heteroatoms. The lowest BCUT2D eigenvalue weighted by Gasteiger charge is -2.39. The first-order valence-corrected chi connectivity index (χ1v) is 9.63. The summed E-state index contributed by atoms with van der Waals surface area (Å²) in [7, 11) is 0. The van der Waals surface area contributed by atoms with Gasteiger partial charge >= 0.3 is 5.97 Å². The van der Waals surface area contributed by atoms with E-state index in [1.807, 2.05) is 31.6 Å². The van der Waals surface area contributed by atoms with Crippen LogP contribution in [0.25, 0.3) is 0 Å². The number of rotatable bonds is 4. The van der Waals surface area contributed by atoms with Crippen LogP contribution < -0.4 is 5.32 Å². The number of ketones is 1. The van der Waals surface area contributed by atoms with Crippen LogP contribution in [-0.4, -0.2) is 28.1 Å². The number of hydrogen-bond donors (Lipinski definition) is 1. The van der Waals surface area contributed by atoms with Gasteiger partial charge in [-0.15, -0.1) is 0 Å². The van der Waals surface area contributed by atoms with E-state index in [1.54, 1.807) is 6.92 Å². The van der Waals surface area contributed by atoms with E-state index in [-0.39, 0.29) is 17.2 Å². The smallest absolute Gasteiger partial charge is 0.336 e. The monoisotopic (exact) mass is 371 g/mol. The molecule has 2 aliphatic rings. The van der Waals surface area contributed by atoms with Gasteiger partial charge in [0.1, 0.15) is 0 Å². The van der Waals surface area contributed by atoms with Gasteiger partial charge in [0.25, 0.3) is 0 Å². The molecule has 1 atom stereocenters. The summed E-state index contributed by atoms with van der Waals surface area (Å²) in [5.41, 5.74) is 4.53. The third-order valence-corrected chi connectivity index (χ3v) is 5.35. The van der Waals surface area contributed by atoms with E-state index in [9.17, 15) is 9.59 Å². The molecule has 0 aromatic carbocycles. The lowest BCUT2D eigenvalue weighted by Crippen LogP contribution is -2.38. The third kappa shape index (κ3) is 3.45. The van der Waals surface area contributed by atoms with Crippen molar-refractivity contribution in [3.8, 4) is 0 Å². The van der Waals surface area contributed by atoms with Crippen molar-refractivity contribution in [2.45, 2.75) is 66.8 Å². The first-order valence-electron chi connectivity index (χ1n) is 9.63. The fourth-order valence-corrected chi connectivity index (χ4v) is 4.21. The molecule has 27 heavy (non-hydrogen) atoms. The maximum atomic E-state index is 13.1. The largest absolute Gasteiger partial charge is 0.463 e. The fourth-order valence-electron chi connectivity index (χ4n) is 4.21. The quantitative estimate of drug-likeness (QED) is 0.822. The van der Waals surface area contributed by atoms with Gasteiger partial charge in [-0.05, 0) is 39.5 Å². The maximum Gasteiger partial charge on any atom is 0.336 e. The fraction of sp³-hybridized carbons (Fsp3) is 0.571. The zero-order chi connectivity index (χ0) is 19.9. The van der Waals surface area contributed by atoms with Gasteiger partial charge in [-0.2, -0.15) is 5.10 Å². The SMILES string of the molecule is CCOC(=O)C1=C(C)NC2=C(C(=O)CC(C)(C)C2)[C@H]1c1cn(CC)nc1C. The van der Waals surface area contributed by atoms with Gasteiger partial charge in [0, 0.05) is 41.7 Å². The lowest BCUT2D eigenvalue weighted by atomic mass is 9.68. The third-order valence-electron chi connectivity index (χ3n) is 5.35. The number of aromatic nitrogens is 2. The number of hydrogen-bond acceptors (Lipinski definition) is 5. The number of allylic oxidation sites excluding steroid dienone is 3.